The van der Waals surface area contributed by atoms with Gasteiger partial charge < -0.3 is 4.74 Å². The van der Waals surface area contributed by atoms with Gasteiger partial charge in [0.2, 0.25) is 5.91 Å². The van der Waals surface area contributed by atoms with E-state index in [4.69, 9.17) is 16.3 Å². The highest BCUT2D eigenvalue weighted by Gasteiger charge is 2.13. The molecule has 0 saturated heterocycles. The summed E-state index contributed by atoms with van der Waals surface area (Å²) in [6.07, 6.45) is 0. The summed E-state index contributed by atoms with van der Waals surface area (Å²) in [6, 6.07) is 5.50. The van der Waals surface area contributed by atoms with Crippen molar-refractivity contribution in [2.24, 2.45) is 0 Å². The van der Waals surface area contributed by atoms with Gasteiger partial charge in [-0.1, -0.05) is 25.4 Å². The number of ether oxygens (including phenoxy) is 1. The zero-order chi connectivity index (χ0) is 13.9. The van der Waals surface area contributed by atoms with Gasteiger partial charge in [0.1, 0.15) is 5.75 Å². The van der Waals surface area contributed by atoms with Gasteiger partial charge >= 0.3 is 0 Å². The molecule has 0 unspecified atom stereocenters. The van der Waals surface area contributed by atoms with Gasteiger partial charge in [-0.25, -0.2) is 0 Å². The third-order valence-electron chi connectivity index (χ3n) is 2.60. The van der Waals surface area contributed by atoms with Crippen LogP contribution in [-0.4, -0.2) is 17.6 Å². The van der Waals surface area contributed by atoms with Crippen molar-refractivity contribution >= 4 is 28.4 Å². The minimum Gasteiger partial charge on any atom is -0.495 e. The molecule has 0 amide bonds. The van der Waals surface area contributed by atoms with E-state index in [1.54, 1.807) is 17.7 Å². The summed E-state index contributed by atoms with van der Waals surface area (Å²) in [4.78, 5) is 11.5. The van der Waals surface area contributed by atoms with Gasteiger partial charge in [0, 0.05) is 18.0 Å². The fourth-order valence-electron chi connectivity index (χ4n) is 1.93. The summed E-state index contributed by atoms with van der Waals surface area (Å²) in [7, 11) is 1.57. The minimum atomic E-state index is -0.0197. The molecule has 2 rings (SSSR count). The van der Waals surface area contributed by atoms with Gasteiger partial charge in [-0.05, 0) is 25.1 Å². The average molecular weight is 268 g/mol. The largest absolute Gasteiger partial charge is 0.495 e. The highest BCUT2D eigenvalue weighted by Crippen LogP contribution is 2.34. The van der Waals surface area contributed by atoms with Crippen molar-refractivity contribution in [3.8, 4) is 5.75 Å². The van der Waals surface area contributed by atoms with E-state index in [1.165, 1.54) is 6.92 Å². The second-order valence-electron chi connectivity index (χ2n) is 3.65. The van der Waals surface area contributed by atoms with E-state index in [0.717, 1.165) is 16.6 Å². The lowest BCUT2D eigenvalue weighted by Gasteiger charge is -2.05. The van der Waals surface area contributed by atoms with E-state index in [9.17, 15) is 4.79 Å². The molecule has 4 heteroatoms. The Morgan fingerprint density at radius 3 is 2.44 bits per heavy atom. The van der Waals surface area contributed by atoms with E-state index in [-0.39, 0.29) is 5.91 Å². The summed E-state index contributed by atoms with van der Waals surface area (Å²) in [5.74, 6) is 0.601. The minimum absolute atomic E-state index is 0.0197. The lowest BCUT2D eigenvalue weighted by atomic mass is 10.2. The zero-order valence-electron chi connectivity index (χ0n) is 11.4. The summed E-state index contributed by atoms with van der Waals surface area (Å²) >= 11 is 6.18. The first kappa shape index (κ1) is 14.6. The predicted octanol–water partition coefficient (Wildman–Crippen LogP) is 4.30. The van der Waals surface area contributed by atoms with Crippen LogP contribution < -0.4 is 4.74 Å². The van der Waals surface area contributed by atoms with Crippen molar-refractivity contribution in [3.05, 3.63) is 28.9 Å². The van der Waals surface area contributed by atoms with Crippen LogP contribution >= 0.6 is 11.6 Å². The number of hydrogen-bond donors (Lipinski definition) is 0. The average Bonchev–Trinajstić information content (AvgIpc) is 2.69. The van der Waals surface area contributed by atoms with E-state index in [1.807, 2.05) is 32.9 Å². The number of methoxy groups -OCH3 is 1. The zero-order valence-corrected chi connectivity index (χ0v) is 12.1. The number of aromatic nitrogens is 1. The lowest BCUT2D eigenvalue weighted by molar-refractivity contribution is 0.0940. The molecule has 0 fully saturated rings. The molecular weight excluding hydrogens is 250 g/mol. The third kappa shape index (κ3) is 2.36. The molecule has 0 bridgehead atoms. The number of halogens is 1. The molecule has 3 nitrogen and oxygen atoms in total. The normalized spacial score (nSPS) is 9.89. The van der Waals surface area contributed by atoms with Gasteiger partial charge in [-0.2, -0.15) is 0 Å². The first-order valence-corrected chi connectivity index (χ1v) is 6.29. The fraction of sp³-hybridized carbons (Fsp3) is 0.357. The summed E-state index contributed by atoms with van der Waals surface area (Å²) in [5, 5.41) is 1.39. The van der Waals surface area contributed by atoms with Crippen molar-refractivity contribution in [1.82, 2.24) is 4.57 Å². The number of carbonyl (C=O) groups is 1. The molecule has 0 spiro atoms. The number of nitrogens with zero attached hydrogens (tertiary/aromatic N) is 1. The monoisotopic (exact) mass is 267 g/mol. The Hall–Kier alpha value is -1.48. The van der Waals surface area contributed by atoms with E-state index in [0.29, 0.717) is 10.8 Å². The fourth-order valence-corrected chi connectivity index (χ4v) is 2.23. The van der Waals surface area contributed by atoms with Crippen LogP contribution in [-0.2, 0) is 0 Å². The van der Waals surface area contributed by atoms with Crippen LogP contribution in [0.25, 0.3) is 10.9 Å². The van der Waals surface area contributed by atoms with Crippen molar-refractivity contribution in [2.45, 2.75) is 27.7 Å². The van der Waals surface area contributed by atoms with Gasteiger partial charge in [0.15, 0.2) is 0 Å². The molecule has 1 heterocycles. The standard InChI is InChI=1S/C12H12ClNO2.C2H6/c1-7-6-9-10(14(7)8(2)15)4-5-11(16-3)12(9)13;1-2/h4-6H,1-3H3;1-2H3. The maximum Gasteiger partial charge on any atom is 0.228 e. The highest BCUT2D eigenvalue weighted by molar-refractivity contribution is 6.37. The van der Waals surface area contributed by atoms with Crippen molar-refractivity contribution in [3.63, 3.8) is 0 Å². The van der Waals surface area contributed by atoms with Crippen molar-refractivity contribution in [1.29, 1.82) is 0 Å². The molecule has 18 heavy (non-hydrogen) atoms. The van der Waals surface area contributed by atoms with Crippen molar-refractivity contribution < 1.29 is 9.53 Å². The van der Waals surface area contributed by atoms with Crippen LogP contribution in [0.1, 0.15) is 31.3 Å². The molecule has 0 saturated carbocycles. The van der Waals surface area contributed by atoms with E-state index >= 15 is 0 Å². The molecule has 1 aromatic heterocycles. The predicted molar refractivity (Wildman–Crippen MR) is 75.9 cm³/mol. The molecule has 0 atom stereocenters. The van der Waals surface area contributed by atoms with Crippen LogP contribution in [0.15, 0.2) is 18.2 Å². The maximum absolute atomic E-state index is 11.5. The quantitative estimate of drug-likeness (QED) is 0.771. The Bertz CT molecular complexity index is 573. The van der Waals surface area contributed by atoms with E-state index in [2.05, 4.69) is 0 Å². The van der Waals surface area contributed by atoms with Gasteiger partial charge in [-0.3, -0.25) is 9.36 Å². The molecule has 0 aliphatic carbocycles. The molecule has 0 aliphatic heterocycles. The van der Waals surface area contributed by atoms with Crippen LogP contribution in [0, 0.1) is 6.92 Å². The number of fused-ring (bicyclic) bond motifs is 1. The third-order valence-corrected chi connectivity index (χ3v) is 2.99. The molecule has 1 aromatic carbocycles. The van der Waals surface area contributed by atoms with Gasteiger partial charge in [0.25, 0.3) is 0 Å². The van der Waals surface area contributed by atoms with Gasteiger partial charge in [0.05, 0.1) is 17.6 Å². The second-order valence-corrected chi connectivity index (χ2v) is 4.03. The van der Waals surface area contributed by atoms with Gasteiger partial charge in [-0.15, -0.1) is 0 Å². The summed E-state index contributed by atoms with van der Waals surface area (Å²) < 4.78 is 6.78. The van der Waals surface area contributed by atoms with Crippen LogP contribution in [0.4, 0.5) is 0 Å². The first-order valence-electron chi connectivity index (χ1n) is 5.91. The Balaban J connectivity index is 0.000000771. The lowest BCUT2D eigenvalue weighted by Crippen LogP contribution is -2.06. The molecule has 2 aromatic rings. The molecule has 0 N–H and O–H groups in total. The van der Waals surface area contributed by atoms with Crippen LogP contribution in [0.5, 0.6) is 5.75 Å². The SMILES string of the molecule is CC.COc1ccc2c(cc(C)n2C(C)=O)c1Cl. The Morgan fingerprint density at radius 1 is 1.33 bits per heavy atom. The first-order chi connectivity index (χ1) is 8.56. The summed E-state index contributed by atoms with van der Waals surface area (Å²) in [6.45, 7) is 7.41. The number of carbonyl (C=O) groups excluding carboxylic acids is 1. The number of hydrogen-bond acceptors (Lipinski definition) is 2. The Labute approximate surface area is 112 Å². The smallest absolute Gasteiger partial charge is 0.228 e. The number of aryl methyl sites for hydroxylation is 1. The highest BCUT2D eigenvalue weighted by atomic mass is 35.5. The molecule has 0 radical (unpaired) electrons. The number of rotatable bonds is 1. The molecular formula is C14H18ClNO2. The Morgan fingerprint density at radius 2 is 1.94 bits per heavy atom. The van der Waals surface area contributed by atoms with Crippen LogP contribution in [0.3, 0.4) is 0 Å². The van der Waals surface area contributed by atoms with E-state index < -0.39 is 0 Å². The van der Waals surface area contributed by atoms with Crippen LogP contribution in [0.2, 0.25) is 5.02 Å². The number of benzene rings is 1. The summed E-state index contributed by atoms with van der Waals surface area (Å²) in [5.41, 5.74) is 1.69. The maximum atomic E-state index is 11.5. The topological polar surface area (TPSA) is 31.2 Å². The Kier molecular flexibility index (Phi) is 4.79. The van der Waals surface area contributed by atoms with Crippen molar-refractivity contribution in [2.75, 3.05) is 7.11 Å². The molecule has 98 valence electrons. The molecule has 0 aliphatic rings. The second kappa shape index (κ2) is 5.91.